The van der Waals surface area contributed by atoms with Crippen molar-refractivity contribution in [3.63, 3.8) is 0 Å². The van der Waals surface area contributed by atoms with E-state index < -0.39 is 0 Å². The molecule has 1 heterocycles. The maximum atomic E-state index is 2.32. The van der Waals surface area contributed by atoms with E-state index >= 15 is 0 Å². The Morgan fingerprint density at radius 2 is 1.79 bits per heavy atom. The van der Waals surface area contributed by atoms with E-state index in [-0.39, 0.29) is 0 Å². The Morgan fingerprint density at radius 1 is 1.00 bits per heavy atom. The van der Waals surface area contributed by atoms with Crippen LogP contribution in [-0.4, -0.2) is 0 Å². The van der Waals surface area contributed by atoms with Crippen molar-refractivity contribution in [2.24, 2.45) is 7.05 Å². The minimum absolute atomic E-state index is 1.16. The van der Waals surface area contributed by atoms with Gasteiger partial charge in [0.2, 0.25) is 5.69 Å². The zero-order valence-electron chi connectivity index (χ0n) is 11.3. The second kappa shape index (κ2) is 3.67. The fourth-order valence-electron chi connectivity index (χ4n) is 2.99. The Balaban J connectivity index is 2.04. The van der Waals surface area contributed by atoms with Crippen molar-refractivity contribution in [1.29, 1.82) is 0 Å². The molecule has 92 valence electrons. The lowest BCUT2D eigenvalue weighted by atomic mass is 10.0. The Labute approximate surface area is 113 Å². The highest BCUT2D eigenvalue weighted by Crippen LogP contribution is 2.39. The fourth-order valence-corrected chi connectivity index (χ4v) is 2.99. The average Bonchev–Trinajstić information content (AvgIpc) is 3.18. The molecule has 2 aromatic carbocycles. The smallest absolute Gasteiger partial charge is 0.200 e. The molecule has 0 saturated carbocycles. The predicted octanol–water partition coefficient (Wildman–Crippen LogP) is 3.54. The molecule has 0 unspecified atom stereocenters. The number of rotatable bonds is 1. The monoisotopic (exact) mass is 246 g/mol. The van der Waals surface area contributed by atoms with Crippen molar-refractivity contribution in [3.8, 4) is 11.3 Å². The van der Waals surface area contributed by atoms with E-state index in [1.165, 1.54) is 38.7 Å². The summed E-state index contributed by atoms with van der Waals surface area (Å²) in [5.74, 6) is 0. The third kappa shape index (κ3) is 1.58. The molecule has 1 nitrogen and oxygen atoms in total. The van der Waals surface area contributed by atoms with E-state index in [0.717, 1.165) is 6.42 Å². The molecular formula is C18H16N+. The minimum Gasteiger partial charge on any atom is -0.200 e. The number of benzene rings is 2. The van der Waals surface area contributed by atoms with Crippen molar-refractivity contribution in [1.82, 2.24) is 0 Å². The highest BCUT2D eigenvalue weighted by atomic mass is 14.9. The van der Waals surface area contributed by atoms with Gasteiger partial charge in [-0.2, -0.15) is 0 Å². The Bertz CT molecular complexity index is 812. The molecule has 1 heteroatoms. The first-order valence-electron chi connectivity index (χ1n) is 6.74. The summed E-state index contributed by atoms with van der Waals surface area (Å²) in [7, 11) is 2.14. The van der Waals surface area contributed by atoms with Gasteiger partial charge in [0.1, 0.15) is 7.05 Å². The van der Waals surface area contributed by atoms with Crippen LogP contribution in [0.5, 0.6) is 0 Å². The molecule has 0 atom stereocenters. The third-order valence-electron chi connectivity index (χ3n) is 4.12. The van der Waals surface area contributed by atoms with E-state index in [2.05, 4.69) is 67.2 Å². The predicted molar refractivity (Wildman–Crippen MR) is 78.1 cm³/mol. The van der Waals surface area contributed by atoms with Crippen LogP contribution in [0.3, 0.4) is 0 Å². The summed E-state index contributed by atoms with van der Waals surface area (Å²) in [6.07, 6.45) is 3.39. The Hall–Kier alpha value is -2.15. The van der Waals surface area contributed by atoms with Crippen LogP contribution in [-0.2, 0) is 13.5 Å². The number of hydrogen-bond acceptors (Lipinski definition) is 0. The number of aromatic nitrogens is 1. The van der Waals surface area contributed by atoms with Crippen LogP contribution >= 0.6 is 0 Å². The molecule has 0 N–H and O–H groups in total. The first kappa shape index (κ1) is 10.7. The summed E-state index contributed by atoms with van der Waals surface area (Å²) < 4.78 is 2.25. The third-order valence-corrected chi connectivity index (χ3v) is 4.12. The quantitative estimate of drug-likeness (QED) is 0.452. The van der Waals surface area contributed by atoms with Gasteiger partial charge in [-0.15, -0.1) is 0 Å². The number of pyridine rings is 1. The van der Waals surface area contributed by atoms with Gasteiger partial charge in [-0.3, -0.25) is 0 Å². The van der Waals surface area contributed by atoms with Crippen LogP contribution in [0.15, 0.2) is 48.7 Å². The van der Waals surface area contributed by atoms with Crippen LogP contribution in [0, 0.1) is 6.92 Å². The van der Waals surface area contributed by atoms with Gasteiger partial charge in [-0.1, -0.05) is 30.3 Å². The van der Waals surface area contributed by atoms with Crippen molar-refractivity contribution in [3.05, 3.63) is 65.4 Å². The summed E-state index contributed by atoms with van der Waals surface area (Å²) in [6.45, 7) is 2.21. The van der Waals surface area contributed by atoms with E-state index in [1.807, 2.05) is 0 Å². The lowest BCUT2D eigenvalue weighted by Crippen LogP contribution is -2.30. The van der Waals surface area contributed by atoms with Crippen LogP contribution < -0.4 is 4.57 Å². The van der Waals surface area contributed by atoms with Crippen LogP contribution in [0.1, 0.15) is 16.7 Å². The van der Waals surface area contributed by atoms with Crippen LogP contribution in [0.25, 0.3) is 22.0 Å². The zero-order valence-corrected chi connectivity index (χ0v) is 11.3. The fraction of sp³-hybridized carbons (Fsp3) is 0.167. The molecular weight excluding hydrogens is 230 g/mol. The van der Waals surface area contributed by atoms with E-state index in [1.54, 1.807) is 0 Å². The van der Waals surface area contributed by atoms with Gasteiger partial charge in [0, 0.05) is 11.5 Å². The van der Waals surface area contributed by atoms with Gasteiger partial charge in [0.05, 0.1) is 5.56 Å². The zero-order chi connectivity index (χ0) is 13.0. The van der Waals surface area contributed by atoms with Crippen LogP contribution in [0.2, 0.25) is 0 Å². The molecule has 0 fully saturated rings. The summed E-state index contributed by atoms with van der Waals surface area (Å²) >= 11 is 0. The molecule has 1 aliphatic rings. The molecule has 0 spiro atoms. The maximum absolute atomic E-state index is 2.32. The SMILES string of the molecule is Cc1ccc2c(c1-c1cc3ccccc3c[n+]1C)C2. The molecule has 0 amide bonds. The first-order chi connectivity index (χ1) is 9.24. The van der Waals surface area contributed by atoms with Gasteiger partial charge in [-0.05, 0) is 41.5 Å². The summed E-state index contributed by atoms with van der Waals surface area (Å²) in [4.78, 5) is 0. The van der Waals surface area contributed by atoms with Gasteiger partial charge >= 0.3 is 0 Å². The van der Waals surface area contributed by atoms with Crippen molar-refractivity contribution in [2.75, 3.05) is 0 Å². The normalized spacial score (nSPS) is 12.5. The summed E-state index contributed by atoms with van der Waals surface area (Å²) in [6, 6.07) is 15.4. The second-order valence-electron chi connectivity index (χ2n) is 5.47. The topological polar surface area (TPSA) is 3.88 Å². The molecule has 0 bridgehead atoms. The molecule has 0 aliphatic heterocycles. The number of hydrogen-bond donors (Lipinski definition) is 0. The minimum atomic E-state index is 1.16. The number of nitrogens with zero attached hydrogens (tertiary/aromatic N) is 1. The molecule has 1 aromatic heterocycles. The lowest BCUT2D eigenvalue weighted by Gasteiger charge is -2.05. The van der Waals surface area contributed by atoms with Crippen molar-refractivity contribution < 1.29 is 4.57 Å². The Kier molecular flexibility index (Phi) is 2.08. The van der Waals surface area contributed by atoms with E-state index in [4.69, 9.17) is 0 Å². The van der Waals surface area contributed by atoms with Gasteiger partial charge < -0.3 is 0 Å². The largest absolute Gasteiger partial charge is 0.213 e. The van der Waals surface area contributed by atoms with E-state index in [9.17, 15) is 0 Å². The molecule has 1 aliphatic carbocycles. The highest BCUT2D eigenvalue weighted by molar-refractivity contribution is 5.85. The lowest BCUT2D eigenvalue weighted by molar-refractivity contribution is -0.659. The average molecular weight is 246 g/mol. The molecule has 0 radical (unpaired) electrons. The molecule has 19 heavy (non-hydrogen) atoms. The van der Waals surface area contributed by atoms with Crippen molar-refractivity contribution in [2.45, 2.75) is 13.3 Å². The first-order valence-corrected chi connectivity index (χ1v) is 6.74. The highest BCUT2D eigenvalue weighted by Gasteiger charge is 2.27. The maximum Gasteiger partial charge on any atom is 0.213 e. The molecule has 4 rings (SSSR count). The van der Waals surface area contributed by atoms with E-state index in [0.29, 0.717) is 0 Å². The number of aryl methyl sites for hydroxylation is 2. The summed E-state index contributed by atoms with van der Waals surface area (Å²) in [5, 5.41) is 2.61. The standard InChI is InChI=1S/C18H16N/c1-12-7-8-14-9-16(14)18(12)17-10-13-5-3-4-6-15(13)11-19(17)2/h3-8,10-11H,9H2,1-2H3/q+1. The van der Waals surface area contributed by atoms with Gasteiger partial charge in [0.15, 0.2) is 6.20 Å². The van der Waals surface area contributed by atoms with Crippen LogP contribution in [0.4, 0.5) is 0 Å². The van der Waals surface area contributed by atoms with Gasteiger partial charge in [0.25, 0.3) is 0 Å². The molecule has 3 aromatic rings. The molecule has 0 saturated heterocycles. The summed E-state index contributed by atoms with van der Waals surface area (Å²) in [5.41, 5.74) is 7.18. The van der Waals surface area contributed by atoms with Gasteiger partial charge in [-0.25, -0.2) is 4.57 Å². The number of fused-ring (bicyclic) bond motifs is 2. The second-order valence-corrected chi connectivity index (χ2v) is 5.47. The Morgan fingerprint density at radius 3 is 2.63 bits per heavy atom. The van der Waals surface area contributed by atoms with Crippen molar-refractivity contribution >= 4 is 10.8 Å².